The molecule has 1 aromatic heterocycles. The molecule has 2 heteroatoms. The monoisotopic (exact) mass is 499 g/mol. The second-order valence-corrected chi connectivity index (χ2v) is 10.4. The summed E-state index contributed by atoms with van der Waals surface area (Å²) in [5.74, 6) is 0. The van der Waals surface area contributed by atoms with Gasteiger partial charge < -0.3 is 0 Å². The second-order valence-electron chi connectivity index (χ2n) is 9.45. The van der Waals surface area contributed by atoms with Gasteiger partial charge in [0.25, 0.3) is 0 Å². The molecule has 7 rings (SSSR count). The van der Waals surface area contributed by atoms with Gasteiger partial charge >= 0.3 is 0 Å². The number of aromatic nitrogens is 1. The quantitative estimate of drug-likeness (QED) is 0.238. The summed E-state index contributed by atoms with van der Waals surface area (Å²) in [5, 5.41) is 0. The molecule has 0 bridgehead atoms. The third kappa shape index (κ3) is 2.95. The fourth-order valence-corrected chi connectivity index (χ4v) is 6.40. The Morgan fingerprint density at radius 2 is 1.26 bits per heavy atom. The molecule has 0 unspecified atom stereocenters. The number of hydrogen-bond donors (Lipinski definition) is 0. The zero-order valence-corrected chi connectivity index (χ0v) is 20.2. The standard InChI is InChI=1S/C32H22BrN/c33-26-12-14-28-27-13-11-22(21-8-5-9-23(16-21)31-10-3-4-15-34-31)17-29(27)32(30(28)18-26)19-24-6-1-2-7-25(24)20-32/h1-18H,19-20H2. The number of fused-ring (bicyclic) bond motifs is 6. The van der Waals surface area contributed by atoms with Crippen molar-refractivity contribution in [3.05, 3.63) is 136 Å². The zero-order valence-electron chi connectivity index (χ0n) is 18.6. The molecular formula is C32H22BrN. The molecule has 1 spiro atoms. The first-order valence-corrected chi connectivity index (χ1v) is 12.5. The lowest BCUT2D eigenvalue weighted by Crippen LogP contribution is -2.25. The van der Waals surface area contributed by atoms with Crippen molar-refractivity contribution in [1.29, 1.82) is 0 Å². The van der Waals surface area contributed by atoms with Crippen LogP contribution in [0.15, 0.2) is 114 Å². The third-order valence-electron chi connectivity index (χ3n) is 7.58. The van der Waals surface area contributed by atoms with Gasteiger partial charge in [0.15, 0.2) is 0 Å². The highest BCUT2D eigenvalue weighted by Crippen LogP contribution is 2.56. The minimum absolute atomic E-state index is 0.00720. The highest BCUT2D eigenvalue weighted by Gasteiger charge is 2.47. The molecule has 0 fully saturated rings. The van der Waals surface area contributed by atoms with Crippen LogP contribution in [0.3, 0.4) is 0 Å². The molecule has 4 aromatic carbocycles. The van der Waals surface area contributed by atoms with E-state index in [1.807, 2.05) is 18.3 Å². The first-order chi connectivity index (χ1) is 16.7. The van der Waals surface area contributed by atoms with E-state index in [1.165, 1.54) is 44.5 Å². The molecule has 2 aliphatic carbocycles. The number of pyridine rings is 1. The number of nitrogens with zero attached hydrogens (tertiary/aromatic N) is 1. The predicted molar refractivity (Wildman–Crippen MR) is 143 cm³/mol. The molecule has 1 heterocycles. The zero-order chi connectivity index (χ0) is 22.7. The van der Waals surface area contributed by atoms with Crippen molar-refractivity contribution >= 4 is 15.9 Å². The third-order valence-corrected chi connectivity index (χ3v) is 8.08. The second kappa shape index (κ2) is 7.51. The van der Waals surface area contributed by atoms with E-state index in [2.05, 4.69) is 112 Å². The Morgan fingerprint density at radius 1 is 0.588 bits per heavy atom. The molecule has 0 atom stereocenters. The van der Waals surface area contributed by atoms with E-state index in [-0.39, 0.29) is 5.41 Å². The lowest BCUT2D eigenvalue weighted by molar-refractivity contribution is 0.563. The maximum atomic E-state index is 4.55. The van der Waals surface area contributed by atoms with Crippen molar-refractivity contribution in [1.82, 2.24) is 4.98 Å². The van der Waals surface area contributed by atoms with Gasteiger partial charge in [0, 0.05) is 21.6 Å². The van der Waals surface area contributed by atoms with Crippen LogP contribution in [0.2, 0.25) is 0 Å². The van der Waals surface area contributed by atoms with Crippen LogP contribution >= 0.6 is 15.9 Å². The summed E-state index contributed by atoms with van der Waals surface area (Å²) in [6.07, 6.45) is 3.96. The van der Waals surface area contributed by atoms with Gasteiger partial charge in [-0.15, -0.1) is 0 Å². The Balaban J connectivity index is 1.40. The molecular weight excluding hydrogens is 478 g/mol. The van der Waals surface area contributed by atoms with E-state index in [0.717, 1.165) is 28.6 Å². The predicted octanol–water partition coefficient (Wildman–Crippen LogP) is 8.24. The molecule has 2 aliphatic rings. The van der Waals surface area contributed by atoms with Crippen LogP contribution in [0.1, 0.15) is 22.3 Å². The summed E-state index contributed by atoms with van der Waals surface area (Å²) in [4.78, 5) is 4.55. The summed E-state index contributed by atoms with van der Waals surface area (Å²) in [6, 6.07) is 37.7. The maximum absolute atomic E-state index is 4.55. The van der Waals surface area contributed by atoms with Gasteiger partial charge in [-0.25, -0.2) is 0 Å². The van der Waals surface area contributed by atoms with Crippen LogP contribution in [-0.2, 0) is 18.3 Å². The molecule has 0 saturated heterocycles. The van der Waals surface area contributed by atoms with Crippen LogP contribution in [0.25, 0.3) is 33.5 Å². The molecule has 5 aromatic rings. The van der Waals surface area contributed by atoms with Crippen molar-refractivity contribution in [3.63, 3.8) is 0 Å². The summed E-state index contributed by atoms with van der Waals surface area (Å²) in [6.45, 7) is 0. The number of halogens is 1. The fraction of sp³-hybridized carbons (Fsp3) is 0.0938. The van der Waals surface area contributed by atoms with Crippen LogP contribution in [0, 0.1) is 0 Å². The molecule has 162 valence electrons. The highest BCUT2D eigenvalue weighted by atomic mass is 79.9. The topological polar surface area (TPSA) is 12.9 Å². The average Bonchev–Trinajstić information content (AvgIpc) is 3.40. The van der Waals surface area contributed by atoms with E-state index in [9.17, 15) is 0 Å². The van der Waals surface area contributed by atoms with E-state index >= 15 is 0 Å². The van der Waals surface area contributed by atoms with E-state index in [0.29, 0.717) is 0 Å². The van der Waals surface area contributed by atoms with Gasteiger partial charge in [-0.1, -0.05) is 82.7 Å². The molecule has 1 nitrogen and oxygen atoms in total. The van der Waals surface area contributed by atoms with E-state index in [1.54, 1.807) is 0 Å². The Kier molecular flexibility index (Phi) is 4.40. The molecule has 34 heavy (non-hydrogen) atoms. The Bertz CT molecular complexity index is 1540. The summed E-state index contributed by atoms with van der Waals surface area (Å²) in [7, 11) is 0. The Morgan fingerprint density at radius 3 is 2.03 bits per heavy atom. The van der Waals surface area contributed by atoms with Crippen molar-refractivity contribution in [3.8, 4) is 33.5 Å². The van der Waals surface area contributed by atoms with Gasteiger partial charge in [-0.2, -0.15) is 0 Å². The minimum Gasteiger partial charge on any atom is -0.256 e. The number of benzene rings is 4. The molecule has 0 radical (unpaired) electrons. The van der Waals surface area contributed by atoms with Gasteiger partial charge in [-0.3, -0.25) is 4.98 Å². The van der Waals surface area contributed by atoms with Crippen molar-refractivity contribution in [2.75, 3.05) is 0 Å². The summed E-state index contributed by atoms with van der Waals surface area (Å²) < 4.78 is 1.15. The molecule has 0 amide bonds. The molecule has 0 saturated carbocycles. The van der Waals surface area contributed by atoms with Crippen LogP contribution < -0.4 is 0 Å². The molecule has 0 aliphatic heterocycles. The van der Waals surface area contributed by atoms with Crippen LogP contribution in [0.4, 0.5) is 0 Å². The SMILES string of the molecule is Brc1ccc2c(c1)C1(Cc3ccccc3C1)c1cc(-c3cccc(-c4ccccn4)c3)ccc1-2. The fourth-order valence-electron chi connectivity index (χ4n) is 6.03. The van der Waals surface area contributed by atoms with Crippen LogP contribution in [0.5, 0.6) is 0 Å². The smallest absolute Gasteiger partial charge is 0.0702 e. The maximum Gasteiger partial charge on any atom is 0.0702 e. The minimum atomic E-state index is -0.00720. The average molecular weight is 500 g/mol. The van der Waals surface area contributed by atoms with Crippen molar-refractivity contribution in [2.24, 2.45) is 0 Å². The van der Waals surface area contributed by atoms with Crippen LogP contribution in [-0.4, -0.2) is 4.98 Å². The number of rotatable bonds is 2. The highest BCUT2D eigenvalue weighted by molar-refractivity contribution is 9.10. The lowest BCUT2D eigenvalue weighted by Gasteiger charge is -2.27. The van der Waals surface area contributed by atoms with Gasteiger partial charge in [-0.05, 0) is 93.7 Å². The van der Waals surface area contributed by atoms with Gasteiger partial charge in [0.2, 0.25) is 0 Å². The van der Waals surface area contributed by atoms with Crippen molar-refractivity contribution < 1.29 is 0 Å². The molecule has 0 N–H and O–H groups in total. The van der Waals surface area contributed by atoms with Gasteiger partial charge in [0.05, 0.1) is 5.69 Å². The summed E-state index contributed by atoms with van der Waals surface area (Å²) in [5.41, 5.74) is 13.2. The largest absolute Gasteiger partial charge is 0.256 e. The first-order valence-electron chi connectivity index (χ1n) is 11.7. The lowest BCUT2D eigenvalue weighted by atomic mass is 9.75. The Labute approximate surface area is 208 Å². The Hall–Kier alpha value is -3.49. The normalized spacial score (nSPS) is 14.6. The van der Waals surface area contributed by atoms with E-state index < -0.39 is 0 Å². The van der Waals surface area contributed by atoms with Gasteiger partial charge in [0.1, 0.15) is 0 Å². The van der Waals surface area contributed by atoms with E-state index in [4.69, 9.17) is 0 Å². The number of hydrogen-bond acceptors (Lipinski definition) is 1. The summed E-state index contributed by atoms with van der Waals surface area (Å²) >= 11 is 3.75. The first kappa shape index (κ1) is 19.9. The van der Waals surface area contributed by atoms with Crippen molar-refractivity contribution in [2.45, 2.75) is 18.3 Å².